The molecule has 0 fully saturated rings. The minimum Gasteiger partial charge on any atom is -0.358 e. The lowest BCUT2D eigenvalue weighted by atomic mass is 10.5. The predicted molar refractivity (Wildman–Crippen MR) is 44.7 cm³/mol. The van der Waals surface area contributed by atoms with Crippen LogP contribution in [0.25, 0.3) is 4.83 Å². The molecular weight excluding hydrogens is 235 g/mol. The van der Waals surface area contributed by atoms with Gasteiger partial charge in [-0.05, 0) is 9.91 Å². The first kappa shape index (κ1) is 9.90. The van der Waals surface area contributed by atoms with E-state index in [4.69, 9.17) is 0 Å². The number of fused-ring (bicyclic) bond motifs is 1. The highest BCUT2D eigenvalue weighted by Gasteiger charge is 2.36. The van der Waals surface area contributed by atoms with Crippen LogP contribution in [0.4, 0.5) is 19.0 Å². The van der Waals surface area contributed by atoms with Crippen LogP contribution in [0.1, 0.15) is 5.69 Å². The minimum absolute atomic E-state index is 0.118. The van der Waals surface area contributed by atoms with Gasteiger partial charge in [-0.2, -0.15) is 13.2 Å². The monoisotopic (exact) mass is 237 g/mol. The summed E-state index contributed by atoms with van der Waals surface area (Å²) in [6.07, 6.45) is -3.74. The van der Waals surface area contributed by atoms with Crippen molar-refractivity contribution in [1.82, 2.24) is 9.38 Å². The van der Waals surface area contributed by atoms with Gasteiger partial charge in [0, 0.05) is 5.38 Å². The van der Waals surface area contributed by atoms with Crippen molar-refractivity contribution in [2.75, 3.05) is 0 Å². The first-order chi connectivity index (χ1) is 6.91. The van der Waals surface area contributed by atoms with Crippen LogP contribution in [0.2, 0.25) is 0 Å². The molecule has 2 rings (SSSR count). The van der Waals surface area contributed by atoms with Gasteiger partial charge < -0.3 is 10.1 Å². The molecule has 0 spiro atoms. The number of thiazole rings is 1. The van der Waals surface area contributed by atoms with Crippen molar-refractivity contribution in [1.29, 1.82) is 0 Å². The fourth-order valence-corrected chi connectivity index (χ4v) is 2.07. The molecule has 2 heterocycles. The lowest BCUT2D eigenvalue weighted by molar-refractivity contribution is -0.387. The minimum atomic E-state index is -4.53. The first-order valence-electron chi connectivity index (χ1n) is 3.57. The molecule has 2 aromatic rings. The van der Waals surface area contributed by atoms with Crippen LogP contribution in [-0.4, -0.2) is 14.3 Å². The highest BCUT2D eigenvalue weighted by atomic mass is 32.1. The summed E-state index contributed by atoms with van der Waals surface area (Å²) >= 11 is 0.641. The van der Waals surface area contributed by atoms with Crippen LogP contribution in [0.3, 0.4) is 0 Å². The summed E-state index contributed by atoms with van der Waals surface area (Å²) in [6.45, 7) is 0. The van der Waals surface area contributed by atoms with Gasteiger partial charge in [-0.1, -0.05) is 0 Å². The van der Waals surface area contributed by atoms with Crippen LogP contribution >= 0.6 is 11.3 Å². The molecule has 0 radical (unpaired) electrons. The summed E-state index contributed by atoms with van der Waals surface area (Å²) in [7, 11) is 0. The van der Waals surface area contributed by atoms with E-state index < -0.39 is 22.6 Å². The molecule has 0 saturated carbocycles. The largest absolute Gasteiger partial charge is 0.432 e. The molecule has 0 saturated heterocycles. The van der Waals surface area contributed by atoms with Crippen LogP contribution in [0.15, 0.2) is 11.7 Å². The zero-order valence-electron chi connectivity index (χ0n) is 6.85. The highest BCUT2D eigenvalue weighted by Crippen LogP contribution is 2.35. The molecule has 15 heavy (non-hydrogen) atoms. The quantitative estimate of drug-likeness (QED) is 0.564. The standard InChI is InChI=1S/C6H2F3N3O2S/c7-6(8,9)3-1-15-5-4(12(13)14)10-2-11(3)5/h1-2H. The van der Waals surface area contributed by atoms with Gasteiger partial charge in [0.05, 0.1) is 0 Å². The average Bonchev–Trinajstić information content (AvgIpc) is 2.56. The van der Waals surface area contributed by atoms with E-state index in [-0.39, 0.29) is 4.83 Å². The average molecular weight is 237 g/mol. The third-order valence-corrected chi connectivity index (χ3v) is 2.65. The van der Waals surface area contributed by atoms with Crippen molar-refractivity contribution in [2.24, 2.45) is 0 Å². The Labute approximate surface area is 83.9 Å². The molecule has 0 N–H and O–H groups in total. The fraction of sp³-hybridized carbons (Fsp3) is 0.167. The summed E-state index contributed by atoms with van der Waals surface area (Å²) in [4.78, 5) is 12.8. The molecule has 80 valence electrons. The number of hydrogen-bond acceptors (Lipinski definition) is 4. The maximum absolute atomic E-state index is 12.3. The maximum Gasteiger partial charge on any atom is 0.432 e. The number of hydrogen-bond donors (Lipinski definition) is 0. The van der Waals surface area contributed by atoms with Crippen LogP contribution in [-0.2, 0) is 6.18 Å². The van der Waals surface area contributed by atoms with Crippen molar-refractivity contribution in [2.45, 2.75) is 6.18 Å². The molecular formula is C6H2F3N3O2S. The Hall–Kier alpha value is -1.64. The zero-order chi connectivity index (χ0) is 11.2. The smallest absolute Gasteiger partial charge is 0.358 e. The second-order valence-electron chi connectivity index (χ2n) is 2.62. The summed E-state index contributed by atoms with van der Waals surface area (Å²) in [5.74, 6) is -0.560. The Kier molecular flexibility index (Phi) is 1.93. The molecule has 9 heteroatoms. The Morgan fingerprint density at radius 3 is 2.73 bits per heavy atom. The third kappa shape index (κ3) is 1.44. The number of nitrogens with zero attached hydrogens (tertiary/aromatic N) is 3. The van der Waals surface area contributed by atoms with E-state index in [1.54, 1.807) is 0 Å². The Morgan fingerprint density at radius 1 is 1.53 bits per heavy atom. The summed E-state index contributed by atoms with van der Waals surface area (Å²) in [5.41, 5.74) is -0.955. The Bertz CT molecular complexity index is 529. The van der Waals surface area contributed by atoms with E-state index in [0.29, 0.717) is 15.7 Å². The zero-order valence-corrected chi connectivity index (χ0v) is 7.67. The SMILES string of the molecule is O=[N+]([O-])c1ncn2c(C(F)(F)F)csc12. The van der Waals surface area contributed by atoms with Crippen molar-refractivity contribution >= 4 is 22.0 Å². The second kappa shape index (κ2) is 2.92. The Balaban J connectivity index is 2.69. The van der Waals surface area contributed by atoms with Crippen molar-refractivity contribution in [3.05, 3.63) is 27.5 Å². The summed E-state index contributed by atoms with van der Waals surface area (Å²) < 4.78 is 37.7. The molecule has 0 aliphatic heterocycles. The van der Waals surface area contributed by atoms with E-state index in [2.05, 4.69) is 4.98 Å². The number of halogens is 3. The van der Waals surface area contributed by atoms with Crippen LogP contribution in [0, 0.1) is 10.1 Å². The third-order valence-electron chi connectivity index (χ3n) is 1.71. The highest BCUT2D eigenvalue weighted by molar-refractivity contribution is 7.16. The van der Waals surface area contributed by atoms with Crippen molar-refractivity contribution in [3.63, 3.8) is 0 Å². The summed E-state index contributed by atoms with van der Waals surface area (Å²) in [6, 6.07) is 0. The number of aromatic nitrogens is 2. The number of alkyl halides is 3. The van der Waals surface area contributed by atoms with Crippen LogP contribution in [0.5, 0.6) is 0 Å². The lowest BCUT2D eigenvalue weighted by Crippen LogP contribution is -2.07. The van der Waals surface area contributed by atoms with Gasteiger partial charge in [0.15, 0.2) is 0 Å². The van der Waals surface area contributed by atoms with Gasteiger partial charge in [0.1, 0.15) is 5.69 Å². The lowest BCUT2D eigenvalue weighted by Gasteiger charge is -2.01. The number of rotatable bonds is 1. The molecule has 0 aromatic carbocycles. The molecule has 0 bridgehead atoms. The van der Waals surface area contributed by atoms with E-state index in [0.717, 1.165) is 11.7 Å². The van der Waals surface area contributed by atoms with Crippen LogP contribution < -0.4 is 0 Å². The van der Waals surface area contributed by atoms with E-state index in [9.17, 15) is 23.3 Å². The van der Waals surface area contributed by atoms with E-state index in [1.807, 2.05) is 0 Å². The van der Waals surface area contributed by atoms with Crippen molar-refractivity contribution in [3.8, 4) is 0 Å². The van der Waals surface area contributed by atoms with Gasteiger partial charge in [-0.25, -0.2) is 0 Å². The molecule has 2 aromatic heterocycles. The topological polar surface area (TPSA) is 60.4 Å². The Morgan fingerprint density at radius 2 is 2.20 bits per heavy atom. The maximum atomic E-state index is 12.3. The summed E-state index contributed by atoms with van der Waals surface area (Å²) in [5, 5.41) is 11.2. The molecule has 0 amide bonds. The first-order valence-corrected chi connectivity index (χ1v) is 4.45. The van der Waals surface area contributed by atoms with Gasteiger partial charge in [-0.15, -0.1) is 11.3 Å². The van der Waals surface area contributed by atoms with Gasteiger partial charge in [0.25, 0.3) is 0 Å². The van der Waals surface area contributed by atoms with Gasteiger partial charge >= 0.3 is 12.0 Å². The molecule has 0 unspecified atom stereocenters. The van der Waals surface area contributed by atoms with E-state index in [1.165, 1.54) is 0 Å². The molecule has 0 atom stereocenters. The molecule has 5 nitrogen and oxygen atoms in total. The fourth-order valence-electron chi connectivity index (χ4n) is 1.11. The van der Waals surface area contributed by atoms with E-state index >= 15 is 0 Å². The second-order valence-corrected chi connectivity index (χ2v) is 3.48. The molecule has 0 aliphatic rings. The predicted octanol–water partition coefficient (Wildman–Crippen LogP) is 2.32. The van der Waals surface area contributed by atoms with Gasteiger partial charge in [0.2, 0.25) is 11.2 Å². The van der Waals surface area contributed by atoms with Crippen molar-refractivity contribution < 1.29 is 18.1 Å². The molecule has 0 aliphatic carbocycles. The number of nitro groups is 1. The normalized spacial score (nSPS) is 12.2. The van der Waals surface area contributed by atoms with Gasteiger partial charge in [-0.3, -0.25) is 4.40 Å². The number of imidazole rings is 1.